The van der Waals surface area contributed by atoms with Gasteiger partial charge in [-0.05, 0) is 37.0 Å². The molecule has 5 heteroatoms. The first kappa shape index (κ1) is 16.6. The Morgan fingerprint density at radius 2 is 1.85 bits per heavy atom. The number of nitrogens with zero attached hydrogens (tertiary/aromatic N) is 1. The number of para-hydroxylation sites is 2. The van der Waals surface area contributed by atoms with Crippen LogP contribution in [0, 0.1) is 5.41 Å². The average molecular weight is 350 g/mol. The molecule has 1 aliphatic carbocycles. The van der Waals surface area contributed by atoms with Gasteiger partial charge in [-0.25, -0.2) is 0 Å². The first-order valence-corrected chi connectivity index (χ1v) is 8.96. The van der Waals surface area contributed by atoms with Crippen molar-refractivity contribution in [3.05, 3.63) is 59.7 Å². The number of nitrogens with one attached hydrogen (secondary N) is 1. The smallest absolute Gasteiger partial charge is 0.242 e. The second-order valence-electron chi connectivity index (χ2n) is 6.91. The number of benzene rings is 2. The van der Waals surface area contributed by atoms with Crippen molar-refractivity contribution in [1.29, 1.82) is 0 Å². The molecule has 1 N–H and O–H groups in total. The lowest BCUT2D eigenvalue weighted by molar-refractivity contribution is -0.135. The molecule has 0 spiro atoms. The van der Waals surface area contributed by atoms with Crippen LogP contribution in [0.4, 0.5) is 5.69 Å². The molecule has 0 saturated heterocycles. The normalized spacial score (nSPS) is 16.7. The molecule has 0 aromatic heterocycles. The average Bonchev–Trinajstić information content (AvgIpc) is 3.39. The van der Waals surface area contributed by atoms with Crippen molar-refractivity contribution in [2.75, 3.05) is 18.6 Å². The van der Waals surface area contributed by atoms with Crippen molar-refractivity contribution >= 4 is 17.5 Å². The molecular formula is C21H22N2O3. The molecule has 1 fully saturated rings. The summed E-state index contributed by atoms with van der Waals surface area (Å²) in [5.41, 5.74) is 2.12. The molecule has 0 bridgehead atoms. The highest BCUT2D eigenvalue weighted by Gasteiger charge is 2.58. The summed E-state index contributed by atoms with van der Waals surface area (Å²) in [5, 5.41) is 2.94. The molecule has 2 aromatic rings. The van der Waals surface area contributed by atoms with Gasteiger partial charge in [0.1, 0.15) is 11.2 Å². The first-order valence-electron chi connectivity index (χ1n) is 8.96. The van der Waals surface area contributed by atoms with Gasteiger partial charge in [0.15, 0.2) is 0 Å². The van der Waals surface area contributed by atoms with Gasteiger partial charge in [0.25, 0.3) is 0 Å². The number of methoxy groups -OCH3 is 1. The molecule has 0 radical (unpaired) electrons. The predicted molar refractivity (Wildman–Crippen MR) is 99.0 cm³/mol. The molecule has 1 saturated carbocycles. The van der Waals surface area contributed by atoms with E-state index in [1.54, 1.807) is 12.0 Å². The van der Waals surface area contributed by atoms with Crippen molar-refractivity contribution in [3.8, 4) is 5.75 Å². The third-order valence-electron chi connectivity index (χ3n) is 5.36. The van der Waals surface area contributed by atoms with Gasteiger partial charge < -0.3 is 15.0 Å². The summed E-state index contributed by atoms with van der Waals surface area (Å²) < 4.78 is 5.32. The fourth-order valence-corrected chi connectivity index (χ4v) is 3.66. The number of rotatable bonds is 5. The van der Waals surface area contributed by atoms with E-state index in [4.69, 9.17) is 4.74 Å². The third kappa shape index (κ3) is 2.73. The maximum Gasteiger partial charge on any atom is 0.242 e. The molecule has 2 aliphatic rings. The molecule has 4 rings (SSSR count). The number of anilines is 1. The fourth-order valence-electron chi connectivity index (χ4n) is 3.66. The van der Waals surface area contributed by atoms with E-state index < -0.39 is 5.41 Å². The van der Waals surface area contributed by atoms with Crippen LogP contribution in [-0.4, -0.2) is 25.5 Å². The number of carbonyl (C=O) groups is 2. The fraction of sp³-hybridized carbons (Fsp3) is 0.333. The van der Waals surface area contributed by atoms with Crippen LogP contribution >= 0.6 is 0 Å². The van der Waals surface area contributed by atoms with Crippen molar-refractivity contribution in [1.82, 2.24) is 5.32 Å². The van der Waals surface area contributed by atoms with E-state index >= 15 is 0 Å². The zero-order valence-corrected chi connectivity index (χ0v) is 14.8. The lowest BCUT2D eigenvalue weighted by Gasteiger charge is -2.23. The van der Waals surface area contributed by atoms with Crippen LogP contribution in [0.15, 0.2) is 48.5 Å². The van der Waals surface area contributed by atoms with Crippen molar-refractivity contribution in [3.63, 3.8) is 0 Å². The van der Waals surface area contributed by atoms with Crippen LogP contribution in [0.1, 0.15) is 24.0 Å². The summed E-state index contributed by atoms with van der Waals surface area (Å²) >= 11 is 0. The monoisotopic (exact) mass is 350 g/mol. The molecule has 2 amide bonds. The van der Waals surface area contributed by atoms with Gasteiger partial charge in [0.2, 0.25) is 11.8 Å². The Hall–Kier alpha value is -2.82. The largest absolute Gasteiger partial charge is 0.496 e. The van der Waals surface area contributed by atoms with Gasteiger partial charge >= 0.3 is 0 Å². The first-order chi connectivity index (χ1) is 12.7. The molecule has 0 atom stereocenters. The van der Waals surface area contributed by atoms with Crippen LogP contribution in [-0.2, 0) is 22.6 Å². The number of ether oxygens (including phenoxy) is 1. The van der Waals surface area contributed by atoms with Gasteiger partial charge in [-0.2, -0.15) is 0 Å². The second kappa shape index (κ2) is 6.48. The molecule has 1 aliphatic heterocycles. The number of fused-ring (bicyclic) bond motifs is 1. The Bertz CT molecular complexity index is 858. The van der Waals surface area contributed by atoms with E-state index in [9.17, 15) is 9.59 Å². The molecule has 134 valence electrons. The zero-order valence-electron chi connectivity index (χ0n) is 14.8. The van der Waals surface area contributed by atoms with Gasteiger partial charge in [-0.15, -0.1) is 0 Å². The number of amides is 2. The third-order valence-corrected chi connectivity index (χ3v) is 5.36. The van der Waals surface area contributed by atoms with E-state index in [0.717, 1.165) is 23.4 Å². The highest BCUT2D eigenvalue weighted by atomic mass is 16.5. The van der Waals surface area contributed by atoms with Crippen LogP contribution < -0.4 is 15.0 Å². The highest BCUT2D eigenvalue weighted by Crippen LogP contribution is 2.49. The highest BCUT2D eigenvalue weighted by molar-refractivity contribution is 6.14. The molecule has 0 unspecified atom stereocenters. The van der Waals surface area contributed by atoms with Crippen LogP contribution in [0.3, 0.4) is 0 Å². The van der Waals surface area contributed by atoms with Gasteiger partial charge in [-0.3, -0.25) is 9.59 Å². The summed E-state index contributed by atoms with van der Waals surface area (Å²) in [6, 6.07) is 15.5. The molecule has 2 aromatic carbocycles. The zero-order chi connectivity index (χ0) is 18.1. The van der Waals surface area contributed by atoms with Crippen molar-refractivity contribution < 1.29 is 14.3 Å². The number of hydrogen-bond acceptors (Lipinski definition) is 3. The standard InChI is InChI=1S/C21H22N2O3/c1-26-18-9-5-3-7-16(18)14-22-19(24)21(11-12-21)20(25)23-13-10-15-6-2-4-8-17(15)23/h2-9H,10-14H2,1H3,(H,22,24). The Balaban J connectivity index is 1.47. The van der Waals surface area contributed by atoms with Gasteiger partial charge in [0.05, 0.1) is 7.11 Å². The molecule has 5 nitrogen and oxygen atoms in total. The van der Waals surface area contributed by atoms with E-state index in [0.29, 0.717) is 25.9 Å². The van der Waals surface area contributed by atoms with Crippen LogP contribution in [0.2, 0.25) is 0 Å². The minimum Gasteiger partial charge on any atom is -0.496 e. The second-order valence-corrected chi connectivity index (χ2v) is 6.91. The van der Waals surface area contributed by atoms with Crippen LogP contribution in [0.25, 0.3) is 0 Å². The Kier molecular flexibility index (Phi) is 4.15. The summed E-state index contributed by atoms with van der Waals surface area (Å²) in [7, 11) is 1.61. The SMILES string of the molecule is COc1ccccc1CNC(=O)C1(C(=O)N2CCc3ccccc32)CC1. The molecular weight excluding hydrogens is 328 g/mol. The van der Waals surface area contributed by atoms with Crippen molar-refractivity contribution in [2.45, 2.75) is 25.8 Å². The van der Waals surface area contributed by atoms with Gasteiger partial charge in [-0.1, -0.05) is 36.4 Å². The summed E-state index contributed by atoms with van der Waals surface area (Å²) in [5.74, 6) is 0.482. The quantitative estimate of drug-likeness (QED) is 0.844. The summed E-state index contributed by atoms with van der Waals surface area (Å²) in [6.45, 7) is 1.01. The summed E-state index contributed by atoms with van der Waals surface area (Å²) in [6.07, 6.45) is 2.07. The number of hydrogen-bond donors (Lipinski definition) is 1. The lowest BCUT2D eigenvalue weighted by Crippen LogP contribution is -2.44. The Morgan fingerprint density at radius 3 is 2.62 bits per heavy atom. The molecule has 26 heavy (non-hydrogen) atoms. The van der Waals surface area contributed by atoms with Crippen molar-refractivity contribution in [2.24, 2.45) is 5.41 Å². The summed E-state index contributed by atoms with van der Waals surface area (Å²) in [4.78, 5) is 27.7. The topological polar surface area (TPSA) is 58.6 Å². The number of carbonyl (C=O) groups excluding carboxylic acids is 2. The van der Waals surface area contributed by atoms with Gasteiger partial charge in [0, 0.05) is 24.3 Å². The maximum atomic E-state index is 13.1. The Morgan fingerprint density at radius 1 is 1.12 bits per heavy atom. The van der Waals surface area contributed by atoms with E-state index in [1.807, 2.05) is 48.5 Å². The Labute approximate surface area is 153 Å². The molecule has 1 heterocycles. The van der Waals surface area contributed by atoms with Crippen LogP contribution in [0.5, 0.6) is 5.75 Å². The van der Waals surface area contributed by atoms with E-state index in [2.05, 4.69) is 5.32 Å². The van der Waals surface area contributed by atoms with E-state index in [1.165, 1.54) is 5.56 Å². The maximum absolute atomic E-state index is 13.1. The van der Waals surface area contributed by atoms with E-state index in [-0.39, 0.29) is 11.8 Å². The minimum absolute atomic E-state index is 0.0695. The minimum atomic E-state index is -0.903. The predicted octanol–water partition coefficient (Wildman–Crippen LogP) is 2.68. The lowest BCUT2D eigenvalue weighted by atomic mass is 10.0.